The quantitative estimate of drug-likeness (QED) is 0.784. The molecule has 0 radical (unpaired) electrons. The second kappa shape index (κ2) is 7.13. The van der Waals surface area contributed by atoms with Crippen LogP contribution in [0.5, 0.6) is 0 Å². The molecule has 0 fully saturated rings. The highest BCUT2D eigenvalue weighted by Gasteiger charge is 2.10. The molecule has 1 rings (SSSR count). The van der Waals surface area contributed by atoms with Gasteiger partial charge in [0.25, 0.3) is 5.56 Å². The van der Waals surface area contributed by atoms with Crippen molar-refractivity contribution in [1.29, 1.82) is 0 Å². The Bertz CT molecular complexity index is 417. The molecule has 1 aromatic rings. The number of hydrogen-bond acceptors (Lipinski definition) is 5. The number of methoxy groups -OCH3 is 2. The van der Waals surface area contributed by atoms with Crippen LogP contribution in [-0.2, 0) is 9.47 Å². The maximum Gasteiger partial charge on any atom is 0.293 e. The lowest BCUT2D eigenvalue weighted by Crippen LogP contribution is -2.31. The van der Waals surface area contributed by atoms with Gasteiger partial charge in [-0.1, -0.05) is 0 Å². The SMILES string of the molecule is COCC(CNc1nccn(C(C)C)c1=O)OC. The average Bonchev–Trinajstić information content (AvgIpc) is 2.35. The maximum atomic E-state index is 12.0. The Morgan fingerprint density at radius 1 is 1.44 bits per heavy atom. The van der Waals surface area contributed by atoms with Gasteiger partial charge in [0, 0.05) is 39.2 Å². The molecule has 6 heteroatoms. The molecule has 0 aliphatic rings. The predicted octanol–water partition coefficient (Wildman–Crippen LogP) is 0.897. The molecular weight excluding hydrogens is 234 g/mol. The standard InChI is InChI=1S/C12H21N3O3/c1-9(2)15-6-5-13-11(12(15)16)14-7-10(18-4)8-17-3/h5-6,9-10H,7-8H2,1-4H3,(H,13,14). The number of rotatable bonds is 7. The first kappa shape index (κ1) is 14.7. The van der Waals surface area contributed by atoms with Crippen molar-refractivity contribution in [2.24, 2.45) is 0 Å². The van der Waals surface area contributed by atoms with E-state index >= 15 is 0 Å². The minimum Gasteiger partial charge on any atom is -0.382 e. The highest BCUT2D eigenvalue weighted by atomic mass is 16.5. The molecule has 1 unspecified atom stereocenters. The monoisotopic (exact) mass is 255 g/mol. The van der Waals surface area contributed by atoms with Gasteiger partial charge in [0.15, 0.2) is 5.82 Å². The molecule has 18 heavy (non-hydrogen) atoms. The topological polar surface area (TPSA) is 65.4 Å². The summed E-state index contributed by atoms with van der Waals surface area (Å²) in [5.41, 5.74) is -0.125. The molecule has 102 valence electrons. The number of nitrogens with one attached hydrogen (secondary N) is 1. The van der Waals surface area contributed by atoms with Crippen LogP contribution in [0.15, 0.2) is 17.2 Å². The number of anilines is 1. The lowest BCUT2D eigenvalue weighted by atomic mass is 10.3. The molecule has 0 aromatic carbocycles. The van der Waals surface area contributed by atoms with Gasteiger partial charge in [0.2, 0.25) is 0 Å². The van der Waals surface area contributed by atoms with Crippen molar-refractivity contribution in [3.8, 4) is 0 Å². The van der Waals surface area contributed by atoms with E-state index in [1.807, 2.05) is 13.8 Å². The van der Waals surface area contributed by atoms with Crippen LogP contribution in [0.25, 0.3) is 0 Å². The fourth-order valence-corrected chi connectivity index (χ4v) is 1.56. The lowest BCUT2D eigenvalue weighted by molar-refractivity contribution is 0.0365. The third-order valence-electron chi connectivity index (χ3n) is 2.61. The van der Waals surface area contributed by atoms with Crippen LogP contribution >= 0.6 is 0 Å². The highest BCUT2D eigenvalue weighted by Crippen LogP contribution is 2.02. The molecule has 1 N–H and O–H groups in total. The van der Waals surface area contributed by atoms with E-state index in [-0.39, 0.29) is 17.7 Å². The summed E-state index contributed by atoms with van der Waals surface area (Å²) in [6.45, 7) is 4.85. The Morgan fingerprint density at radius 3 is 2.72 bits per heavy atom. The molecule has 0 saturated heterocycles. The van der Waals surface area contributed by atoms with Crippen LogP contribution in [0.4, 0.5) is 5.82 Å². The summed E-state index contributed by atoms with van der Waals surface area (Å²) in [5, 5.41) is 2.99. The molecule has 1 aromatic heterocycles. The van der Waals surface area contributed by atoms with Crippen molar-refractivity contribution >= 4 is 5.82 Å². The van der Waals surface area contributed by atoms with Crippen LogP contribution in [0.1, 0.15) is 19.9 Å². The van der Waals surface area contributed by atoms with E-state index in [0.717, 1.165) is 0 Å². The second-order valence-electron chi connectivity index (χ2n) is 4.28. The highest BCUT2D eigenvalue weighted by molar-refractivity contribution is 5.31. The van der Waals surface area contributed by atoms with Gasteiger partial charge in [-0.25, -0.2) is 4.98 Å². The molecule has 0 amide bonds. The smallest absolute Gasteiger partial charge is 0.293 e. The summed E-state index contributed by atoms with van der Waals surface area (Å²) >= 11 is 0. The first-order chi connectivity index (χ1) is 8.60. The third kappa shape index (κ3) is 3.82. The van der Waals surface area contributed by atoms with E-state index in [1.165, 1.54) is 0 Å². The maximum absolute atomic E-state index is 12.0. The number of hydrogen-bond donors (Lipinski definition) is 1. The van der Waals surface area contributed by atoms with E-state index < -0.39 is 0 Å². The van der Waals surface area contributed by atoms with Crippen molar-refractivity contribution in [3.05, 3.63) is 22.7 Å². The van der Waals surface area contributed by atoms with Crippen molar-refractivity contribution in [1.82, 2.24) is 9.55 Å². The molecule has 0 saturated carbocycles. The molecule has 0 aliphatic carbocycles. The van der Waals surface area contributed by atoms with E-state index in [1.54, 1.807) is 31.2 Å². The molecule has 0 bridgehead atoms. The summed E-state index contributed by atoms with van der Waals surface area (Å²) < 4.78 is 11.8. The molecule has 0 aliphatic heterocycles. The van der Waals surface area contributed by atoms with Gasteiger partial charge in [-0.05, 0) is 13.8 Å². The molecular formula is C12H21N3O3. The Kier molecular flexibility index (Phi) is 5.80. The fraction of sp³-hybridized carbons (Fsp3) is 0.667. The summed E-state index contributed by atoms with van der Waals surface area (Å²) in [7, 11) is 3.22. The Balaban J connectivity index is 2.73. The lowest BCUT2D eigenvalue weighted by Gasteiger charge is -2.16. The normalized spacial score (nSPS) is 12.7. The Labute approximate surface area is 107 Å². The van der Waals surface area contributed by atoms with Gasteiger partial charge in [0.05, 0.1) is 12.7 Å². The van der Waals surface area contributed by atoms with E-state index in [0.29, 0.717) is 19.0 Å². The van der Waals surface area contributed by atoms with Crippen LogP contribution in [0.3, 0.4) is 0 Å². The summed E-state index contributed by atoms with van der Waals surface area (Å²) in [6.07, 6.45) is 3.19. The van der Waals surface area contributed by atoms with E-state index in [2.05, 4.69) is 10.3 Å². The zero-order chi connectivity index (χ0) is 13.5. The molecule has 1 heterocycles. The van der Waals surface area contributed by atoms with Crippen LogP contribution in [0.2, 0.25) is 0 Å². The Morgan fingerprint density at radius 2 is 2.17 bits per heavy atom. The van der Waals surface area contributed by atoms with Crippen molar-refractivity contribution in [2.45, 2.75) is 26.0 Å². The average molecular weight is 255 g/mol. The molecule has 1 atom stereocenters. The minimum absolute atomic E-state index is 0.107. The summed E-state index contributed by atoms with van der Waals surface area (Å²) in [5.74, 6) is 0.337. The first-order valence-electron chi connectivity index (χ1n) is 5.92. The summed E-state index contributed by atoms with van der Waals surface area (Å²) in [6, 6.07) is 0.109. The summed E-state index contributed by atoms with van der Waals surface area (Å²) in [4.78, 5) is 16.1. The molecule has 0 spiro atoms. The van der Waals surface area contributed by atoms with E-state index in [4.69, 9.17) is 9.47 Å². The van der Waals surface area contributed by atoms with Gasteiger partial charge in [-0.15, -0.1) is 0 Å². The third-order valence-corrected chi connectivity index (χ3v) is 2.61. The van der Waals surface area contributed by atoms with Gasteiger partial charge in [-0.3, -0.25) is 4.79 Å². The Hall–Kier alpha value is -1.40. The minimum atomic E-state index is -0.125. The van der Waals surface area contributed by atoms with Crippen molar-refractivity contribution < 1.29 is 9.47 Å². The zero-order valence-electron chi connectivity index (χ0n) is 11.3. The predicted molar refractivity (Wildman–Crippen MR) is 70.0 cm³/mol. The number of aromatic nitrogens is 2. The van der Waals surface area contributed by atoms with Crippen LogP contribution in [0, 0.1) is 0 Å². The second-order valence-corrected chi connectivity index (χ2v) is 4.28. The van der Waals surface area contributed by atoms with Gasteiger partial charge in [-0.2, -0.15) is 0 Å². The van der Waals surface area contributed by atoms with E-state index in [9.17, 15) is 4.79 Å². The number of nitrogens with zero attached hydrogens (tertiary/aromatic N) is 2. The van der Waals surface area contributed by atoms with Gasteiger partial charge in [0.1, 0.15) is 0 Å². The first-order valence-corrected chi connectivity index (χ1v) is 5.92. The largest absolute Gasteiger partial charge is 0.382 e. The zero-order valence-corrected chi connectivity index (χ0v) is 11.3. The van der Waals surface area contributed by atoms with Crippen molar-refractivity contribution in [2.75, 3.05) is 32.7 Å². The van der Waals surface area contributed by atoms with Gasteiger partial charge < -0.3 is 19.4 Å². The van der Waals surface area contributed by atoms with Crippen LogP contribution < -0.4 is 10.9 Å². The van der Waals surface area contributed by atoms with Crippen molar-refractivity contribution in [3.63, 3.8) is 0 Å². The van der Waals surface area contributed by atoms with Crippen LogP contribution in [-0.4, -0.2) is 43.0 Å². The number of ether oxygens (including phenoxy) is 2. The molecule has 6 nitrogen and oxygen atoms in total. The van der Waals surface area contributed by atoms with Gasteiger partial charge >= 0.3 is 0 Å². The fourth-order valence-electron chi connectivity index (χ4n) is 1.56.